The van der Waals surface area contributed by atoms with E-state index in [1.54, 1.807) is 31.2 Å². The minimum atomic E-state index is -1.36. The highest BCUT2D eigenvalue weighted by atomic mass is 16.4. The van der Waals surface area contributed by atoms with Gasteiger partial charge < -0.3 is 10.4 Å². The molecule has 1 unspecified atom stereocenters. The molecule has 116 valence electrons. The van der Waals surface area contributed by atoms with Gasteiger partial charge in [-0.2, -0.15) is 5.10 Å². The first-order valence-electron chi connectivity index (χ1n) is 6.86. The number of aliphatic carboxylic acids is 1. The Labute approximate surface area is 126 Å². The summed E-state index contributed by atoms with van der Waals surface area (Å²) in [6, 6.07) is 6.93. The van der Waals surface area contributed by atoms with E-state index in [0.717, 1.165) is 4.68 Å². The number of benzene rings is 1. The SMILES string of the molecule is CCC(C)(NC(=O)Cn1ncc2ccccc2c1=O)C(=O)O. The van der Waals surface area contributed by atoms with Crippen molar-refractivity contribution in [1.82, 2.24) is 15.1 Å². The van der Waals surface area contributed by atoms with Crippen molar-refractivity contribution in [1.29, 1.82) is 0 Å². The highest BCUT2D eigenvalue weighted by Gasteiger charge is 2.32. The molecule has 0 aliphatic heterocycles. The lowest BCUT2D eigenvalue weighted by Crippen LogP contribution is -2.53. The fourth-order valence-corrected chi connectivity index (χ4v) is 2.02. The second-order valence-corrected chi connectivity index (χ2v) is 5.23. The lowest BCUT2D eigenvalue weighted by molar-refractivity contribution is -0.147. The molecular weight excluding hydrogens is 286 g/mol. The van der Waals surface area contributed by atoms with Crippen LogP contribution in [0.1, 0.15) is 20.3 Å². The number of hydrogen-bond donors (Lipinski definition) is 2. The molecule has 0 aliphatic rings. The van der Waals surface area contributed by atoms with E-state index in [1.807, 2.05) is 0 Å². The van der Waals surface area contributed by atoms with Gasteiger partial charge in [-0.05, 0) is 19.4 Å². The molecule has 1 aromatic heterocycles. The zero-order valence-corrected chi connectivity index (χ0v) is 12.4. The third kappa shape index (κ3) is 2.98. The predicted molar refractivity (Wildman–Crippen MR) is 80.5 cm³/mol. The predicted octanol–water partition coefficient (Wildman–Crippen LogP) is 0.766. The highest BCUT2D eigenvalue weighted by Crippen LogP contribution is 2.09. The quantitative estimate of drug-likeness (QED) is 0.849. The van der Waals surface area contributed by atoms with Gasteiger partial charge in [-0.1, -0.05) is 25.1 Å². The zero-order valence-electron chi connectivity index (χ0n) is 12.4. The van der Waals surface area contributed by atoms with Crippen LogP contribution in [0.2, 0.25) is 0 Å². The first-order valence-corrected chi connectivity index (χ1v) is 6.86. The number of nitrogens with zero attached hydrogens (tertiary/aromatic N) is 2. The van der Waals surface area contributed by atoms with Crippen LogP contribution in [0.3, 0.4) is 0 Å². The molecule has 1 aromatic carbocycles. The van der Waals surface area contributed by atoms with Crippen LogP contribution in [-0.2, 0) is 16.1 Å². The van der Waals surface area contributed by atoms with Gasteiger partial charge in [0.2, 0.25) is 5.91 Å². The fraction of sp³-hybridized carbons (Fsp3) is 0.333. The van der Waals surface area contributed by atoms with Crippen LogP contribution in [0, 0.1) is 0 Å². The van der Waals surface area contributed by atoms with Gasteiger partial charge in [-0.25, -0.2) is 9.48 Å². The van der Waals surface area contributed by atoms with Gasteiger partial charge in [-0.15, -0.1) is 0 Å². The smallest absolute Gasteiger partial charge is 0.329 e. The van der Waals surface area contributed by atoms with Crippen molar-refractivity contribution in [3.63, 3.8) is 0 Å². The molecule has 0 aliphatic carbocycles. The maximum atomic E-state index is 12.2. The van der Waals surface area contributed by atoms with Crippen LogP contribution in [0.15, 0.2) is 35.3 Å². The Morgan fingerprint density at radius 2 is 2.05 bits per heavy atom. The summed E-state index contributed by atoms with van der Waals surface area (Å²) in [5.41, 5.74) is -1.75. The molecule has 1 amide bonds. The normalized spacial score (nSPS) is 13.5. The van der Waals surface area contributed by atoms with Gasteiger partial charge in [-0.3, -0.25) is 9.59 Å². The molecule has 7 heteroatoms. The lowest BCUT2D eigenvalue weighted by Gasteiger charge is -2.24. The average Bonchev–Trinajstić information content (AvgIpc) is 2.50. The van der Waals surface area contributed by atoms with Crippen molar-refractivity contribution >= 4 is 22.6 Å². The van der Waals surface area contributed by atoms with Crippen LogP contribution in [-0.4, -0.2) is 32.3 Å². The second kappa shape index (κ2) is 5.97. The van der Waals surface area contributed by atoms with E-state index in [9.17, 15) is 14.4 Å². The minimum Gasteiger partial charge on any atom is -0.480 e. The molecule has 22 heavy (non-hydrogen) atoms. The van der Waals surface area contributed by atoms with E-state index >= 15 is 0 Å². The number of aromatic nitrogens is 2. The molecule has 2 rings (SSSR count). The van der Waals surface area contributed by atoms with Gasteiger partial charge in [0, 0.05) is 5.39 Å². The Balaban J connectivity index is 2.24. The third-order valence-electron chi connectivity index (χ3n) is 3.65. The first kappa shape index (κ1) is 15.7. The third-order valence-corrected chi connectivity index (χ3v) is 3.65. The molecule has 0 bridgehead atoms. The van der Waals surface area contributed by atoms with Crippen molar-refractivity contribution in [2.45, 2.75) is 32.4 Å². The number of rotatable bonds is 5. The molecule has 0 fully saturated rings. The standard InChI is InChI=1S/C15H17N3O4/c1-3-15(2,14(21)22)17-12(19)9-18-13(20)11-7-5-4-6-10(11)8-16-18/h4-8H,3,9H2,1-2H3,(H,17,19)(H,21,22). The van der Waals surface area contributed by atoms with Crippen LogP contribution >= 0.6 is 0 Å². The monoisotopic (exact) mass is 303 g/mol. The zero-order chi connectivity index (χ0) is 16.3. The number of carboxylic acids is 1. The molecule has 0 saturated heterocycles. The molecule has 1 heterocycles. The number of hydrogen-bond acceptors (Lipinski definition) is 4. The van der Waals surface area contributed by atoms with Crippen molar-refractivity contribution in [3.8, 4) is 0 Å². The van der Waals surface area contributed by atoms with Crippen LogP contribution in [0.4, 0.5) is 0 Å². The molecule has 2 N–H and O–H groups in total. The number of carbonyl (C=O) groups is 2. The van der Waals surface area contributed by atoms with Gasteiger partial charge in [0.1, 0.15) is 12.1 Å². The summed E-state index contributed by atoms with van der Waals surface area (Å²) >= 11 is 0. The summed E-state index contributed by atoms with van der Waals surface area (Å²) in [5, 5.41) is 16.7. The van der Waals surface area contributed by atoms with Crippen molar-refractivity contribution < 1.29 is 14.7 Å². The van der Waals surface area contributed by atoms with Crippen LogP contribution in [0.5, 0.6) is 0 Å². The lowest BCUT2D eigenvalue weighted by atomic mass is 9.99. The average molecular weight is 303 g/mol. The summed E-state index contributed by atoms with van der Waals surface area (Å²) in [6.45, 7) is 2.76. The van der Waals surface area contributed by atoms with Crippen molar-refractivity contribution in [3.05, 3.63) is 40.8 Å². The largest absolute Gasteiger partial charge is 0.480 e. The molecule has 1 atom stereocenters. The maximum Gasteiger partial charge on any atom is 0.329 e. The highest BCUT2D eigenvalue weighted by molar-refractivity contribution is 5.86. The van der Waals surface area contributed by atoms with Crippen LogP contribution < -0.4 is 10.9 Å². The van der Waals surface area contributed by atoms with E-state index in [2.05, 4.69) is 10.4 Å². The number of carbonyl (C=O) groups excluding carboxylic acids is 1. The number of nitrogens with one attached hydrogen (secondary N) is 1. The fourth-order valence-electron chi connectivity index (χ4n) is 2.02. The van der Waals surface area contributed by atoms with E-state index in [4.69, 9.17) is 5.11 Å². The molecule has 0 radical (unpaired) electrons. The number of carboxylic acid groups (broad SMARTS) is 1. The summed E-state index contributed by atoms with van der Waals surface area (Å²) in [5.74, 6) is -1.70. The summed E-state index contributed by atoms with van der Waals surface area (Å²) < 4.78 is 1.02. The Kier molecular flexibility index (Phi) is 4.25. The Morgan fingerprint density at radius 3 is 2.68 bits per heavy atom. The minimum absolute atomic E-state index is 0.230. The van der Waals surface area contributed by atoms with Gasteiger partial charge in [0.25, 0.3) is 5.56 Å². The first-order chi connectivity index (χ1) is 10.4. The van der Waals surface area contributed by atoms with Gasteiger partial charge in [0.05, 0.1) is 11.6 Å². The number of amides is 1. The van der Waals surface area contributed by atoms with E-state index < -0.39 is 17.4 Å². The van der Waals surface area contributed by atoms with Gasteiger partial charge >= 0.3 is 5.97 Å². The Bertz CT molecular complexity index is 784. The van der Waals surface area contributed by atoms with E-state index in [-0.39, 0.29) is 18.5 Å². The summed E-state index contributed by atoms with van der Waals surface area (Å²) in [7, 11) is 0. The summed E-state index contributed by atoms with van der Waals surface area (Å²) in [4.78, 5) is 35.4. The molecule has 7 nitrogen and oxygen atoms in total. The van der Waals surface area contributed by atoms with E-state index in [0.29, 0.717) is 10.8 Å². The molecule has 0 spiro atoms. The number of fused-ring (bicyclic) bond motifs is 1. The Morgan fingerprint density at radius 1 is 1.36 bits per heavy atom. The van der Waals surface area contributed by atoms with Crippen molar-refractivity contribution in [2.24, 2.45) is 0 Å². The van der Waals surface area contributed by atoms with Crippen LogP contribution in [0.25, 0.3) is 10.8 Å². The second-order valence-electron chi connectivity index (χ2n) is 5.23. The van der Waals surface area contributed by atoms with Crippen molar-refractivity contribution in [2.75, 3.05) is 0 Å². The summed E-state index contributed by atoms with van der Waals surface area (Å²) in [6.07, 6.45) is 1.73. The maximum absolute atomic E-state index is 12.2. The molecule has 0 saturated carbocycles. The Hall–Kier alpha value is -2.70. The molecular formula is C15H17N3O4. The topological polar surface area (TPSA) is 101 Å². The van der Waals surface area contributed by atoms with Gasteiger partial charge in [0.15, 0.2) is 0 Å². The molecule has 2 aromatic rings. The van der Waals surface area contributed by atoms with E-state index in [1.165, 1.54) is 13.1 Å².